The molecule has 0 bridgehead atoms. The lowest BCUT2D eigenvalue weighted by Gasteiger charge is -2.16. The van der Waals surface area contributed by atoms with Crippen LogP contribution in [0.1, 0.15) is 23.6 Å². The van der Waals surface area contributed by atoms with E-state index in [4.69, 9.17) is 11.6 Å². The third-order valence-corrected chi connectivity index (χ3v) is 4.13. The van der Waals surface area contributed by atoms with Gasteiger partial charge in [-0.25, -0.2) is 4.39 Å². The van der Waals surface area contributed by atoms with E-state index in [0.717, 1.165) is 24.2 Å². The zero-order valence-electron chi connectivity index (χ0n) is 11.4. The molecule has 1 amide bonds. The van der Waals surface area contributed by atoms with E-state index >= 15 is 0 Å². The average Bonchev–Trinajstić information content (AvgIpc) is 3.12. The summed E-state index contributed by atoms with van der Waals surface area (Å²) >= 11 is 5.74. The Bertz CT molecular complexity index is 644. The maximum Gasteiger partial charge on any atom is 0.227 e. The van der Waals surface area contributed by atoms with Crippen LogP contribution in [0, 0.1) is 5.82 Å². The van der Waals surface area contributed by atoms with E-state index in [2.05, 4.69) is 10.2 Å². The summed E-state index contributed by atoms with van der Waals surface area (Å²) in [5.74, 6) is -0.110. The van der Waals surface area contributed by atoms with Crippen molar-refractivity contribution in [3.8, 4) is 0 Å². The van der Waals surface area contributed by atoms with Crippen molar-refractivity contribution in [2.75, 3.05) is 13.1 Å². The average molecular weight is 308 g/mol. The summed E-state index contributed by atoms with van der Waals surface area (Å²) in [4.78, 5) is 14.1. The van der Waals surface area contributed by atoms with E-state index < -0.39 is 5.82 Å². The molecule has 3 rings (SSSR count). The lowest BCUT2D eigenvalue weighted by molar-refractivity contribution is -0.129. The molecule has 1 saturated heterocycles. The van der Waals surface area contributed by atoms with Crippen LogP contribution in [0.2, 0.25) is 5.02 Å². The molecule has 110 valence electrons. The van der Waals surface area contributed by atoms with Crippen LogP contribution in [0.4, 0.5) is 4.39 Å². The van der Waals surface area contributed by atoms with E-state index in [-0.39, 0.29) is 17.4 Å². The largest absolute Gasteiger partial charge is 0.342 e. The summed E-state index contributed by atoms with van der Waals surface area (Å²) in [6, 6.07) is 6.35. The summed E-state index contributed by atoms with van der Waals surface area (Å²) in [6.45, 7) is 1.42. The molecule has 6 heteroatoms. The van der Waals surface area contributed by atoms with Crippen molar-refractivity contribution < 1.29 is 9.18 Å². The summed E-state index contributed by atoms with van der Waals surface area (Å²) in [5.41, 5.74) is 1.80. The number of rotatable bonds is 3. The standard InChI is InChI=1S/C15H15ClFN3O/c16-12-7-10(1-2-13(12)17)8-15(21)20-6-4-11(9-20)14-3-5-18-19-14/h1-3,5,7,11H,4,6,8-9H2,(H,18,19). The Hall–Kier alpha value is -1.88. The first-order chi connectivity index (χ1) is 10.1. The molecule has 0 saturated carbocycles. The Morgan fingerprint density at radius 2 is 2.33 bits per heavy atom. The SMILES string of the molecule is O=C(Cc1ccc(F)c(Cl)c1)N1CCC(c2ccn[nH]2)C1. The van der Waals surface area contributed by atoms with Crippen molar-refractivity contribution >= 4 is 17.5 Å². The number of hydrogen-bond donors (Lipinski definition) is 1. The molecule has 0 aliphatic carbocycles. The molecule has 1 fully saturated rings. The number of nitrogens with zero attached hydrogens (tertiary/aromatic N) is 2. The molecule has 2 heterocycles. The summed E-state index contributed by atoms with van der Waals surface area (Å²) in [6.07, 6.45) is 2.90. The van der Waals surface area contributed by atoms with E-state index in [9.17, 15) is 9.18 Å². The minimum absolute atomic E-state index is 0.0414. The first-order valence-corrected chi connectivity index (χ1v) is 7.22. The zero-order valence-corrected chi connectivity index (χ0v) is 12.1. The van der Waals surface area contributed by atoms with Gasteiger partial charge in [-0.15, -0.1) is 0 Å². The molecule has 2 aromatic rings. The predicted molar refractivity (Wildman–Crippen MR) is 77.6 cm³/mol. The van der Waals surface area contributed by atoms with Crippen molar-refractivity contribution in [2.45, 2.75) is 18.8 Å². The number of nitrogens with one attached hydrogen (secondary N) is 1. The fraction of sp³-hybridized carbons (Fsp3) is 0.333. The molecule has 1 N–H and O–H groups in total. The molecule has 4 nitrogen and oxygen atoms in total. The van der Waals surface area contributed by atoms with Crippen LogP contribution in [0.5, 0.6) is 0 Å². The van der Waals surface area contributed by atoms with Crippen molar-refractivity contribution in [2.24, 2.45) is 0 Å². The topological polar surface area (TPSA) is 49.0 Å². The Labute approximate surface area is 126 Å². The van der Waals surface area contributed by atoms with Gasteiger partial charge in [0.15, 0.2) is 0 Å². The highest BCUT2D eigenvalue weighted by molar-refractivity contribution is 6.30. The van der Waals surface area contributed by atoms with Gasteiger partial charge in [-0.05, 0) is 30.2 Å². The second-order valence-electron chi connectivity index (χ2n) is 5.26. The number of amides is 1. The fourth-order valence-electron chi connectivity index (χ4n) is 2.67. The quantitative estimate of drug-likeness (QED) is 0.948. The summed E-state index contributed by atoms with van der Waals surface area (Å²) in [5, 5.41) is 6.95. The number of likely N-dealkylation sites (tertiary alicyclic amines) is 1. The minimum Gasteiger partial charge on any atom is -0.342 e. The molecule has 1 aromatic heterocycles. The predicted octanol–water partition coefficient (Wildman–Crippen LogP) is 2.76. The van der Waals surface area contributed by atoms with Crippen LogP contribution in [0.3, 0.4) is 0 Å². The van der Waals surface area contributed by atoms with Crippen molar-refractivity contribution in [1.82, 2.24) is 15.1 Å². The van der Waals surface area contributed by atoms with Gasteiger partial charge in [-0.1, -0.05) is 17.7 Å². The molecule has 1 aromatic carbocycles. The molecule has 1 atom stereocenters. The number of carbonyl (C=O) groups excluding carboxylic acids is 1. The molecule has 1 unspecified atom stereocenters. The number of aromatic amines is 1. The van der Waals surface area contributed by atoms with Gasteiger partial charge >= 0.3 is 0 Å². The molecular formula is C15H15ClFN3O. The summed E-state index contributed by atoms with van der Waals surface area (Å²) in [7, 11) is 0. The van der Waals surface area contributed by atoms with Crippen LogP contribution >= 0.6 is 11.6 Å². The first kappa shape index (κ1) is 14.1. The lowest BCUT2D eigenvalue weighted by atomic mass is 10.1. The molecular weight excluding hydrogens is 293 g/mol. The van der Waals surface area contributed by atoms with E-state index in [1.54, 1.807) is 12.3 Å². The second-order valence-corrected chi connectivity index (χ2v) is 5.67. The molecule has 1 aliphatic heterocycles. The third-order valence-electron chi connectivity index (χ3n) is 3.84. The molecule has 0 radical (unpaired) electrons. The monoisotopic (exact) mass is 307 g/mol. The van der Waals surface area contributed by atoms with Crippen molar-refractivity contribution in [3.05, 3.63) is 52.6 Å². The van der Waals surface area contributed by atoms with Gasteiger partial charge in [0.1, 0.15) is 5.82 Å². The number of H-pyrrole nitrogens is 1. The Morgan fingerprint density at radius 1 is 1.48 bits per heavy atom. The van der Waals surface area contributed by atoms with Gasteiger partial charge in [0.2, 0.25) is 5.91 Å². The fourth-order valence-corrected chi connectivity index (χ4v) is 2.87. The number of halogens is 2. The van der Waals surface area contributed by atoms with Gasteiger partial charge in [0.05, 0.1) is 11.4 Å². The maximum atomic E-state index is 13.1. The first-order valence-electron chi connectivity index (χ1n) is 6.84. The minimum atomic E-state index is -0.464. The Balaban J connectivity index is 1.62. The van der Waals surface area contributed by atoms with Gasteiger partial charge in [-0.3, -0.25) is 9.89 Å². The zero-order chi connectivity index (χ0) is 14.8. The van der Waals surface area contributed by atoms with Gasteiger partial charge in [0.25, 0.3) is 0 Å². The van der Waals surface area contributed by atoms with E-state index in [1.165, 1.54) is 12.1 Å². The maximum absolute atomic E-state index is 13.1. The van der Waals surface area contributed by atoms with Crippen LogP contribution in [-0.2, 0) is 11.2 Å². The number of hydrogen-bond acceptors (Lipinski definition) is 2. The Morgan fingerprint density at radius 3 is 3.05 bits per heavy atom. The molecule has 0 spiro atoms. The number of aromatic nitrogens is 2. The van der Waals surface area contributed by atoms with Gasteiger partial charge < -0.3 is 4.90 Å². The normalized spacial score (nSPS) is 18.2. The Kier molecular flexibility index (Phi) is 3.92. The van der Waals surface area contributed by atoms with E-state index in [0.29, 0.717) is 12.5 Å². The highest BCUT2D eigenvalue weighted by atomic mass is 35.5. The molecule has 1 aliphatic rings. The van der Waals surface area contributed by atoms with Gasteiger partial charge in [-0.2, -0.15) is 5.10 Å². The number of benzene rings is 1. The van der Waals surface area contributed by atoms with E-state index in [1.807, 2.05) is 11.0 Å². The lowest BCUT2D eigenvalue weighted by Crippen LogP contribution is -2.29. The highest BCUT2D eigenvalue weighted by Gasteiger charge is 2.28. The summed E-state index contributed by atoms with van der Waals surface area (Å²) < 4.78 is 13.1. The van der Waals surface area contributed by atoms with Crippen molar-refractivity contribution in [3.63, 3.8) is 0 Å². The highest BCUT2D eigenvalue weighted by Crippen LogP contribution is 2.26. The van der Waals surface area contributed by atoms with Crippen LogP contribution in [0.15, 0.2) is 30.5 Å². The van der Waals surface area contributed by atoms with Crippen molar-refractivity contribution in [1.29, 1.82) is 0 Å². The third kappa shape index (κ3) is 3.08. The molecule has 21 heavy (non-hydrogen) atoms. The number of carbonyl (C=O) groups is 1. The second kappa shape index (κ2) is 5.85. The van der Waals surface area contributed by atoms with Gasteiger partial charge in [0, 0.05) is 30.9 Å². The van der Waals surface area contributed by atoms with Crippen LogP contribution < -0.4 is 0 Å². The smallest absolute Gasteiger partial charge is 0.227 e. The van der Waals surface area contributed by atoms with Crippen LogP contribution in [-0.4, -0.2) is 34.1 Å². The van der Waals surface area contributed by atoms with Crippen LogP contribution in [0.25, 0.3) is 0 Å².